The van der Waals surface area contributed by atoms with Crippen LogP contribution in [0.2, 0.25) is 0 Å². The highest BCUT2D eigenvalue weighted by Crippen LogP contribution is 2.31. The van der Waals surface area contributed by atoms with E-state index >= 15 is 0 Å². The molecule has 1 aromatic rings. The molecule has 1 saturated heterocycles. The number of hydrogen-bond donors (Lipinski definition) is 2. The van der Waals surface area contributed by atoms with Gasteiger partial charge in [-0.3, -0.25) is 0 Å². The summed E-state index contributed by atoms with van der Waals surface area (Å²) in [6.07, 6.45) is 0.981. The summed E-state index contributed by atoms with van der Waals surface area (Å²) in [6, 6.07) is 0. The number of aliphatic hydroxyl groups is 1. The van der Waals surface area contributed by atoms with Crippen LogP contribution in [0.15, 0.2) is 4.52 Å². The lowest BCUT2D eigenvalue weighted by molar-refractivity contribution is -0.0228. The Morgan fingerprint density at radius 3 is 2.61 bits per heavy atom. The fraction of sp³-hybridized carbons (Fsp3) is 0.833. The highest BCUT2D eigenvalue weighted by Gasteiger charge is 2.37. The van der Waals surface area contributed by atoms with Gasteiger partial charge in [0.2, 0.25) is 5.82 Å². The average molecular weight is 255 g/mol. The Bertz CT molecular complexity index is 386. The number of aromatic nitrogens is 2. The van der Waals surface area contributed by atoms with Gasteiger partial charge in [-0.05, 0) is 31.8 Å². The minimum Gasteiger partial charge on any atom is -0.380 e. The quantitative estimate of drug-likeness (QED) is 0.835. The molecule has 102 valence electrons. The Labute approximate surface area is 107 Å². The van der Waals surface area contributed by atoms with Gasteiger partial charge in [-0.2, -0.15) is 4.98 Å². The van der Waals surface area contributed by atoms with Crippen LogP contribution in [0.5, 0.6) is 0 Å². The predicted octanol–water partition coefficient (Wildman–Crippen LogP) is 0.984. The van der Waals surface area contributed by atoms with Gasteiger partial charge in [-0.25, -0.2) is 0 Å². The van der Waals surface area contributed by atoms with E-state index < -0.39 is 5.60 Å². The molecular weight excluding hydrogens is 234 g/mol. The molecule has 1 aliphatic heterocycles. The molecule has 2 heterocycles. The van der Waals surface area contributed by atoms with Crippen LogP contribution >= 0.6 is 0 Å². The van der Waals surface area contributed by atoms with Crippen molar-refractivity contribution >= 4 is 0 Å². The van der Waals surface area contributed by atoms with E-state index in [4.69, 9.17) is 9.26 Å². The van der Waals surface area contributed by atoms with Crippen molar-refractivity contribution in [2.75, 3.05) is 20.2 Å². The van der Waals surface area contributed by atoms with Crippen LogP contribution in [-0.4, -0.2) is 35.4 Å². The Hall–Kier alpha value is -0.980. The van der Waals surface area contributed by atoms with Gasteiger partial charge in [-0.15, -0.1) is 0 Å². The monoisotopic (exact) mass is 255 g/mol. The largest absolute Gasteiger partial charge is 0.380 e. The molecule has 2 rings (SSSR count). The summed E-state index contributed by atoms with van der Waals surface area (Å²) in [6.45, 7) is 5.57. The van der Waals surface area contributed by atoms with Crippen LogP contribution in [0.4, 0.5) is 0 Å². The summed E-state index contributed by atoms with van der Waals surface area (Å²) in [5, 5.41) is 17.6. The van der Waals surface area contributed by atoms with Gasteiger partial charge in [0.25, 0.3) is 5.89 Å². The Kier molecular flexibility index (Phi) is 3.99. The van der Waals surface area contributed by atoms with Gasteiger partial charge in [0.15, 0.2) is 0 Å². The first-order valence-corrected chi connectivity index (χ1v) is 6.37. The lowest BCUT2D eigenvalue weighted by Gasteiger charge is -2.28. The molecule has 0 radical (unpaired) electrons. The van der Waals surface area contributed by atoms with Gasteiger partial charge < -0.3 is 19.7 Å². The van der Waals surface area contributed by atoms with Crippen molar-refractivity contribution in [2.24, 2.45) is 5.92 Å². The van der Waals surface area contributed by atoms with Gasteiger partial charge in [-0.1, -0.05) is 19.0 Å². The molecule has 6 heteroatoms. The molecular formula is C12H21N3O3. The second-order valence-corrected chi connectivity index (χ2v) is 5.14. The molecule has 1 unspecified atom stereocenters. The van der Waals surface area contributed by atoms with Gasteiger partial charge >= 0.3 is 0 Å². The number of nitrogens with one attached hydrogen (secondary N) is 1. The summed E-state index contributed by atoms with van der Waals surface area (Å²) in [5.74, 6) is 1.07. The predicted molar refractivity (Wildman–Crippen MR) is 64.9 cm³/mol. The Morgan fingerprint density at radius 2 is 2.06 bits per heavy atom. The first-order valence-electron chi connectivity index (χ1n) is 6.37. The molecule has 1 fully saturated rings. The first kappa shape index (κ1) is 13.5. The summed E-state index contributed by atoms with van der Waals surface area (Å²) in [4.78, 5) is 4.32. The van der Waals surface area contributed by atoms with E-state index in [2.05, 4.69) is 15.5 Å². The van der Waals surface area contributed by atoms with E-state index in [-0.39, 0.29) is 12.0 Å². The van der Waals surface area contributed by atoms with Crippen molar-refractivity contribution in [3.8, 4) is 0 Å². The van der Waals surface area contributed by atoms with Crippen LogP contribution in [0.1, 0.15) is 44.5 Å². The summed E-state index contributed by atoms with van der Waals surface area (Å²) < 4.78 is 10.6. The highest BCUT2D eigenvalue weighted by atomic mass is 16.5. The van der Waals surface area contributed by atoms with E-state index in [1.54, 1.807) is 7.11 Å². The molecule has 1 aromatic heterocycles. The van der Waals surface area contributed by atoms with Crippen LogP contribution in [0, 0.1) is 5.92 Å². The minimum absolute atomic E-state index is 0.201. The molecule has 18 heavy (non-hydrogen) atoms. The zero-order valence-electron chi connectivity index (χ0n) is 11.1. The molecule has 0 bridgehead atoms. The number of hydrogen-bond acceptors (Lipinski definition) is 6. The van der Waals surface area contributed by atoms with Gasteiger partial charge in [0.1, 0.15) is 11.7 Å². The zero-order valence-corrected chi connectivity index (χ0v) is 11.1. The van der Waals surface area contributed by atoms with Crippen LogP contribution in [-0.2, 0) is 10.3 Å². The van der Waals surface area contributed by atoms with E-state index in [9.17, 15) is 5.11 Å². The summed E-state index contributed by atoms with van der Waals surface area (Å²) in [7, 11) is 1.62. The van der Waals surface area contributed by atoms with Crippen LogP contribution in [0.3, 0.4) is 0 Å². The fourth-order valence-electron chi connectivity index (χ4n) is 2.27. The highest BCUT2D eigenvalue weighted by molar-refractivity contribution is 5.03. The average Bonchev–Trinajstić information content (AvgIpc) is 2.80. The lowest BCUT2D eigenvalue weighted by Crippen LogP contribution is -2.40. The van der Waals surface area contributed by atoms with Crippen molar-refractivity contribution in [1.29, 1.82) is 0 Å². The zero-order chi connectivity index (χ0) is 13.2. The molecule has 0 amide bonds. The number of rotatable bonds is 4. The third kappa shape index (κ3) is 2.55. The number of methoxy groups -OCH3 is 1. The summed E-state index contributed by atoms with van der Waals surface area (Å²) in [5.41, 5.74) is -0.994. The second kappa shape index (κ2) is 5.34. The van der Waals surface area contributed by atoms with Crippen molar-refractivity contribution in [2.45, 2.75) is 38.4 Å². The van der Waals surface area contributed by atoms with Crippen molar-refractivity contribution in [3.63, 3.8) is 0 Å². The fourth-order valence-corrected chi connectivity index (χ4v) is 2.27. The second-order valence-electron chi connectivity index (χ2n) is 5.14. The first-order chi connectivity index (χ1) is 8.57. The lowest BCUT2D eigenvalue weighted by atomic mass is 9.92. The third-order valence-corrected chi connectivity index (χ3v) is 3.38. The van der Waals surface area contributed by atoms with E-state index in [1.807, 2.05) is 13.8 Å². The third-order valence-electron chi connectivity index (χ3n) is 3.38. The normalized spacial score (nSPS) is 21.2. The van der Waals surface area contributed by atoms with Crippen molar-refractivity contribution in [1.82, 2.24) is 15.5 Å². The molecule has 0 saturated carbocycles. The van der Waals surface area contributed by atoms with E-state index in [1.165, 1.54) is 0 Å². The molecule has 1 aliphatic rings. The minimum atomic E-state index is -0.994. The maximum atomic E-state index is 10.5. The van der Waals surface area contributed by atoms with Crippen molar-refractivity contribution < 1.29 is 14.4 Å². The smallest absolute Gasteiger partial charge is 0.258 e. The maximum Gasteiger partial charge on any atom is 0.258 e. The molecule has 2 N–H and O–H groups in total. The Morgan fingerprint density at radius 1 is 1.39 bits per heavy atom. The standard InChI is InChI=1S/C12H21N3O3/c1-8(2)9(17-3)10-14-11(18-15-10)12(16)4-6-13-7-5-12/h8-9,13,16H,4-7H2,1-3H3. The van der Waals surface area contributed by atoms with Crippen molar-refractivity contribution in [3.05, 3.63) is 11.7 Å². The maximum absolute atomic E-state index is 10.5. The van der Waals surface area contributed by atoms with E-state index in [0.29, 0.717) is 24.6 Å². The molecule has 0 aliphatic carbocycles. The van der Waals surface area contributed by atoms with E-state index in [0.717, 1.165) is 13.1 Å². The summed E-state index contributed by atoms with van der Waals surface area (Å²) >= 11 is 0. The SMILES string of the molecule is COC(c1noc(C2(O)CCNCC2)n1)C(C)C. The van der Waals surface area contributed by atoms with Crippen LogP contribution < -0.4 is 5.32 Å². The van der Waals surface area contributed by atoms with Crippen LogP contribution in [0.25, 0.3) is 0 Å². The number of ether oxygens (including phenoxy) is 1. The van der Waals surface area contributed by atoms with Gasteiger partial charge in [0.05, 0.1) is 0 Å². The Balaban J connectivity index is 2.19. The molecule has 0 aromatic carbocycles. The molecule has 0 spiro atoms. The molecule has 1 atom stereocenters. The molecule has 6 nitrogen and oxygen atoms in total. The number of nitrogens with zero attached hydrogens (tertiary/aromatic N) is 2. The van der Waals surface area contributed by atoms with Gasteiger partial charge in [0, 0.05) is 7.11 Å². The topological polar surface area (TPSA) is 80.4 Å². The number of piperidine rings is 1.